The quantitative estimate of drug-likeness (QED) is 0.472. The van der Waals surface area contributed by atoms with Crippen LogP contribution in [0.5, 0.6) is 5.75 Å². The number of hydrogen-bond acceptors (Lipinski definition) is 6. The molecule has 0 saturated heterocycles. The van der Waals surface area contributed by atoms with Gasteiger partial charge in [0, 0.05) is 0 Å². The Morgan fingerprint density at radius 3 is 2.61 bits per heavy atom. The second-order valence-electron chi connectivity index (χ2n) is 3.79. The van der Waals surface area contributed by atoms with Crippen molar-refractivity contribution in [1.82, 2.24) is 0 Å². The molecule has 0 saturated carbocycles. The number of phenolic OH excluding ortho intramolecular Hbond substituents is 1. The number of ether oxygens (including phenoxy) is 1. The molecule has 5 nitrogen and oxygen atoms in total. The summed E-state index contributed by atoms with van der Waals surface area (Å²) in [6.07, 6.45) is -1.77. The van der Waals surface area contributed by atoms with Crippen molar-refractivity contribution in [2.45, 2.75) is 18.6 Å². The average molecular weight is 272 g/mol. The van der Waals surface area contributed by atoms with Gasteiger partial charge in [-0.15, -0.1) is 0 Å². The van der Waals surface area contributed by atoms with Gasteiger partial charge in [-0.2, -0.15) is 12.6 Å². The first kappa shape index (κ1) is 14.8. The van der Waals surface area contributed by atoms with Crippen molar-refractivity contribution >= 4 is 18.6 Å². The molecule has 0 heterocycles. The van der Waals surface area contributed by atoms with E-state index in [1.54, 1.807) is 0 Å². The number of esters is 1. The van der Waals surface area contributed by atoms with Crippen molar-refractivity contribution in [2.75, 3.05) is 12.9 Å². The van der Waals surface area contributed by atoms with E-state index in [0.717, 1.165) is 0 Å². The van der Waals surface area contributed by atoms with Gasteiger partial charge in [-0.05, 0) is 29.9 Å². The predicted octanol–water partition coefficient (Wildman–Crippen LogP) is 0.893. The molecule has 1 rings (SSSR count). The number of carbonyl (C=O) groups is 1. The van der Waals surface area contributed by atoms with Crippen LogP contribution in [0.25, 0.3) is 0 Å². The van der Waals surface area contributed by atoms with E-state index in [2.05, 4.69) is 17.4 Å². The molecule has 0 aliphatic carbocycles. The summed E-state index contributed by atoms with van der Waals surface area (Å²) >= 11 is 3.96. The van der Waals surface area contributed by atoms with Gasteiger partial charge in [-0.1, -0.05) is 6.07 Å². The van der Waals surface area contributed by atoms with Crippen LogP contribution in [0, 0.1) is 0 Å². The third-order valence-corrected chi connectivity index (χ3v) is 2.82. The van der Waals surface area contributed by atoms with Gasteiger partial charge in [-0.3, -0.25) is 0 Å². The smallest absolute Gasteiger partial charge is 0.341 e. The molecular formula is C12H16O5S. The zero-order valence-corrected chi connectivity index (χ0v) is 10.8. The number of aromatic hydroxyl groups is 1. The summed E-state index contributed by atoms with van der Waals surface area (Å²) in [5, 5.41) is 29.1. The lowest BCUT2D eigenvalue weighted by molar-refractivity contribution is 0.0171. The van der Waals surface area contributed by atoms with Crippen molar-refractivity contribution < 1.29 is 24.9 Å². The zero-order chi connectivity index (χ0) is 13.7. The molecular weight excluding hydrogens is 256 g/mol. The fourth-order valence-electron chi connectivity index (χ4n) is 1.53. The van der Waals surface area contributed by atoms with E-state index in [1.807, 2.05) is 0 Å². The summed E-state index contributed by atoms with van der Waals surface area (Å²) in [6, 6.07) is 4.03. The summed E-state index contributed by atoms with van der Waals surface area (Å²) < 4.78 is 4.48. The van der Waals surface area contributed by atoms with Crippen LogP contribution in [0.4, 0.5) is 0 Å². The molecule has 0 bridgehead atoms. The van der Waals surface area contributed by atoms with Crippen LogP contribution in [0.2, 0.25) is 0 Å². The summed E-state index contributed by atoms with van der Waals surface area (Å²) in [5.41, 5.74) is 0.339. The molecule has 2 unspecified atom stereocenters. The molecule has 3 N–H and O–H groups in total. The van der Waals surface area contributed by atoms with Gasteiger partial charge in [0.15, 0.2) is 0 Å². The maximum atomic E-state index is 11.2. The summed E-state index contributed by atoms with van der Waals surface area (Å²) in [6.45, 7) is 0. The molecule has 0 radical (unpaired) electrons. The Hall–Kier alpha value is -1.24. The number of hydrogen-bond donors (Lipinski definition) is 4. The molecule has 1 aromatic rings. The normalized spacial score (nSPS) is 14.0. The number of carbonyl (C=O) groups excluding carboxylic acids is 1. The molecule has 18 heavy (non-hydrogen) atoms. The Balaban J connectivity index is 2.93. The Labute approximate surface area is 110 Å². The first-order chi connectivity index (χ1) is 8.51. The maximum Gasteiger partial charge on any atom is 0.341 e. The van der Waals surface area contributed by atoms with E-state index in [0.29, 0.717) is 17.7 Å². The van der Waals surface area contributed by atoms with Gasteiger partial charge in [-0.25, -0.2) is 4.79 Å². The van der Waals surface area contributed by atoms with Gasteiger partial charge in [0.2, 0.25) is 0 Å². The lowest BCUT2D eigenvalue weighted by Gasteiger charge is -2.18. The van der Waals surface area contributed by atoms with E-state index >= 15 is 0 Å². The number of benzene rings is 1. The van der Waals surface area contributed by atoms with Crippen molar-refractivity contribution in [1.29, 1.82) is 0 Å². The number of rotatable bonds is 5. The minimum Gasteiger partial charge on any atom is -0.507 e. The number of methoxy groups -OCH3 is 1. The van der Waals surface area contributed by atoms with Crippen molar-refractivity contribution in [3.63, 3.8) is 0 Å². The highest BCUT2D eigenvalue weighted by Crippen LogP contribution is 2.26. The first-order valence-corrected chi connectivity index (χ1v) is 6.02. The SMILES string of the molecule is COC(=O)c1ccc(C(O)C(O)CCS)cc1O. The van der Waals surface area contributed by atoms with Crippen LogP contribution in [-0.4, -0.2) is 40.3 Å². The molecule has 0 aromatic heterocycles. The monoisotopic (exact) mass is 272 g/mol. The summed E-state index contributed by atoms with van der Waals surface area (Å²) in [5.74, 6) is -0.523. The Morgan fingerprint density at radius 2 is 2.11 bits per heavy atom. The molecule has 0 fully saturated rings. The molecule has 1 aromatic carbocycles. The largest absolute Gasteiger partial charge is 0.507 e. The van der Waals surface area contributed by atoms with Crippen LogP contribution in [0.1, 0.15) is 28.4 Å². The number of aliphatic hydroxyl groups is 2. The first-order valence-electron chi connectivity index (χ1n) is 5.39. The highest BCUT2D eigenvalue weighted by Gasteiger charge is 2.20. The zero-order valence-electron chi connectivity index (χ0n) is 9.91. The third kappa shape index (κ3) is 3.38. The lowest BCUT2D eigenvalue weighted by Crippen LogP contribution is -2.18. The Kier molecular flexibility index (Phi) is 5.46. The van der Waals surface area contributed by atoms with Gasteiger partial charge >= 0.3 is 5.97 Å². The summed E-state index contributed by atoms with van der Waals surface area (Å²) in [7, 11) is 1.21. The second-order valence-corrected chi connectivity index (χ2v) is 4.24. The number of aliphatic hydroxyl groups excluding tert-OH is 2. The Morgan fingerprint density at radius 1 is 1.44 bits per heavy atom. The van der Waals surface area contributed by atoms with E-state index in [-0.39, 0.29) is 11.3 Å². The van der Waals surface area contributed by atoms with E-state index < -0.39 is 18.2 Å². The molecule has 0 aliphatic heterocycles. The second kappa shape index (κ2) is 6.63. The van der Waals surface area contributed by atoms with Crippen LogP contribution in [0.3, 0.4) is 0 Å². The van der Waals surface area contributed by atoms with Crippen LogP contribution >= 0.6 is 12.6 Å². The fraction of sp³-hybridized carbons (Fsp3) is 0.417. The predicted molar refractivity (Wildman–Crippen MR) is 68.9 cm³/mol. The maximum absolute atomic E-state index is 11.2. The minimum absolute atomic E-state index is 0.0112. The van der Waals surface area contributed by atoms with Crippen LogP contribution in [-0.2, 0) is 4.74 Å². The molecule has 100 valence electrons. The average Bonchev–Trinajstić information content (AvgIpc) is 2.37. The van der Waals surface area contributed by atoms with E-state index in [4.69, 9.17) is 0 Å². The van der Waals surface area contributed by atoms with Gasteiger partial charge in [0.05, 0.1) is 13.2 Å². The topological polar surface area (TPSA) is 87.0 Å². The van der Waals surface area contributed by atoms with Crippen molar-refractivity contribution in [2.24, 2.45) is 0 Å². The van der Waals surface area contributed by atoms with Crippen molar-refractivity contribution in [3.8, 4) is 5.75 Å². The van der Waals surface area contributed by atoms with Gasteiger partial charge in [0.1, 0.15) is 17.4 Å². The summed E-state index contributed by atoms with van der Waals surface area (Å²) in [4.78, 5) is 11.2. The molecule has 6 heteroatoms. The van der Waals surface area contributed by atoms with E-state index in [9.17, 15) is 20.1 Å². The Bertz CT molecular complexity index is 421. The highest BCUT2D eigenvalue weighted by molar-refractivity contribution is 7.80. The van der Waals surface area contributed by atoms with Gasteiger partial charge in [0.25, 0.3) is 0 Å². The van der Waals surface area contributed by atoms with Crippen LogP contribution in [0.15, 0.2) is 18.2 Å². The van der Waals surface area contributed by atoms with Gasteiger partial charge < -0.3 is 20.1 Å². The van der Waals surface area contributed by atoms with Crippen molar-refractivity contribution in [3.05, 3.63) is 29.3 Å². The molecule has 0 amide bonds. The molecule has 0 spiro atoms. The molecule has 0 aliphatic rings. The fourth-order valence-corrected chi connectivity index (χ4v) is 1.79. The highest BCUT2D eigenvalue weighted by atomic mass is 32.1. The van der Waals surface area contributed by atoms with E-state index in [1.165, 1.54) is 25.3 Å². The molecule has 2 atom stereocenters. The number of thiol groups is 1. The third-order valence-electron chi connectivity index (χ3n) is 2.56. The number of phenols is 1. The lowest BCUT2D eigenvalue weighted by atomic mass is 10.0. The minimum atomic E-state index is -1.13. The van der Waals surface area contributed by atoms with Crippen LogP contribution < -0.4 is 0 Å². The standard InChI is InChI=1S/C12H16O5S/c1-17-12(16)8-3-2-7(6-10(8)14)11(15)9(13)4-5-18/h2-3,6,9,11,13-15,18H,4-5H2,1H3.